The zero-order valence-electron chi connectivity index (χ0n) is 12.8. The Morgan fingerprint density at radius 1 is 1.44 bits per heavy atom. The van der Waals surface area contributed by atoms with E-state index < -0.39 is 0 Å². The smallest absolute Gasteiger partial charge is 0.147 e. The first-order valence-electron chi connectivity index (χ1n) is 7.04. The van der Waals surface area contributed by atoms with E-state index in [0.717, 1.165) is 31.5 Å². The lowest BCUT2D eigenvalue weighted by molar-refractivity contribution is -0.121. The minimum absolute atomic E-state index is 0.0514. The maximum absolute atomic E-state index is 11.5. The van der Waals surface area contributed by atoms with Crippen LogP contribution >= 0.6 is 0 Å². The van der Waals surface area contributed by atoms with Gasteiger partial charge in [-0.15, -0.1) is 0 Å². The number of aliphatic imine (C=N–C) groups is 1. The fourth-order valence-electron chi connectivity index (χ4n) is 2.10. The van der Waals surface area contributed by atoms with Crippen molar-refractivity contribution < 1.29 is 4.79 Å². The summed E-state index contributed by atoms with van der Waals surface area (Å²) in [4.78, 5) is 18.1. The van der Waals surface area contributed by atoms with Crippen LogP contribution in [-0.4, -0.2) is 36.5 Å². The molecule has 1 heterocycles. The SMILES string of the molecule is CC.CCC=NC1=C(CC)CC(C(C)=O)N(C)C1. The van der Waals surface area contributed by atoms with E-state index in [9.17, 15) is 4.79 Å². The summed E-state index contributed by atoms with van der Waals surface area (Å²) in [7, 11) is 2.00. The minimum Gasteiger partial charge on any atom is -0.298 e. The van der Waals surface area contributed by atoms with Gasteiger partial charge in [-0.3, -0.25) is 14.7 Å². The fourth-order valence-corrected chi connectivity index (χ4v) is 2.10. The van der Waals surface area contributed by atoms with Crippen LogP contribution in [0.3, 0.4) is 0 Å². The number of nitrogens with zero attached hydrogens (tertiary/aromatic N) is 2. The summed E-state index contributed by atoms with van der Waals surface area (Å²) in [6, 6.07) is 0.0514. The molecule has 0 bridgehead atoms. The van der Waals surface area contributed by atoms with Crippen molar-refractivity contribution in [1.29, 1.82) is 0 Å². The first-order valence-corrected chi connectivity index (χ1v) is 7.04. The number of ketones is 1. The van der Waals surface area contributed by atoms with Gasteiger partial charge >= 0.3 is 0 Å². The van der Waals surface area contributed by atoms with Crippen LogP contribution in [0.1, 0.15) is 53.9 Å². The van der Waals surface area contributed by atoms with Gasteiger partial charge in [0.1, 0.15) is 5.78 Å². The van der Waals surface area contributed by atoms with Crippen molar-refractivity contribution in [2.75, 3.05) is 13.6 Å². The molecule has 0 aromatic carbocycles. The summed E-state index contributed by atoms with van der Waals surface area (Å²) in [5.41, 5.74) is 2.49. The summed E-state index contributed by atoms with van der Waals surface area (Å²) in [5, 5.41) is 0. The molecule has 0 N–H and O–H groups in total. The van der Waals surface area contributed by atoms with Crippen LogP contribution in [0.25, 0.3) is 0 Å². The topological polar surface area (TPSA) is 32.7 Å². The van der Waals surface area contributed by atoms with Gasteiger partial charge in [-0.1, -0.05) is 27.7 Å². The Hall–Kier alpha value is -0.960. The Morgan fingerprint density at radius 2 is 2.06 bits per heavy atom. The van der Waals surface area contributed by atoms with E-state index in [-0.39, 0.29) is 11.8 Å². The van der Waals surface area contributed by atoms with Crippen molar-refractivity contribution in [3.63, 3.8) is 0 Å². The Labute approximate surface area is 112 Å². The summed E-state index contributed by atoms with van der Waals surface area (Å²) < 4.78 is 0. The van der Waals surface area contributed by atoms with Crippen molar-refractivity contribution in [2.45, 2.75) is 59.9 Å². The summed E-state index contributed by atoms with van der Waals surface area (Å²) in [5.74, 6) is 0.256. The molecule has 0 aliphatic carbocycles. The van der Waals surface area contributed by atoms with Gasteiger partial charge in [-0.05, 0) is 38.8 Å². The quantitative estimate of drug-likeness (QED) is 0.718. The van der Waals surface area contributed by atoms with E-state index in [1.807, 2.05) is 27.1 Å². The van der Waals surface area contributed by atoms with Gasteiger partial charge < -0.3 is 0 Å². The van der Waals surface area contributed by atoms with Crippen LogP contribution in [0, 0.1) is 0 Å². The third-order valence-corrected chi connectivity index (χ3v) is 3.10. The van der Waals surface area contributed by atoms with E-state index in [4.69, 9.17) is 0 Å². The molecule has 0 fully saturated rings. The molecule has 0 aromatic heterocycles. The second kappa shape index (κ2) is 9.03. The van der Waals surface area contributed by atoms with Gasteiger partial charge in [0.25, 0.3) is 0 Å². The minimum atomic E-state index is 0.0514. The van der Waals surface area contributed by atoms with Gasteiger partial charge in [0.05, 0.1) is 11.7 Å². The van der Waals surface area contributed by atoms with Crippen molar-refractivity contribution in [3.8, 4) is 0 Å². The Kier molecular flexibility index (Phi) is 8.55. The standard InChI is InChI=1S/C13H22N2O.C2H6/c1-5-7-14-12-9-15(4)13(10(3)16)8-11(12)6-2;1-2/h7,13H,5-6,8-9H2,1-4H3;1-2H3. The van der Waals surface area contributed by atoms with E-state index in [2.05, 4.69) is 23.7 Å². The molecule has 0 aromatic rings. The lowest BCUT2D eigenvalue weighted by Crippen LogP contribution is -2.41. The van der Waals surface area contributed by atoms with Crippen LogP contribution in [0.2, 0.25) is 0 Å². The number of rotatable bonds is 4. The number of Topliss-reactive ketones (excluding diaryl/α,β-unsaturated/α-hetero) is 1. The normalized spacial score (nSPS) is 20.9. The van der Waals surface area contributed by atoms with Gasteiger partial charge in [-0.25, -0.2) is 0 Å². The molecule has 0 radical (unpaired) electrons. The third-order valence-electron chi connectivity index (χ3n) is 3.10. The van der Waals surface area contributed by atoms with Gasteiger partial charge in [0.15, 0.2) is 0 Å². The van der Waals surface area contributed by atoms with Gasteiger partial charge in [-0.2, -0.15) is 0 Å². The first kappa shape index (κ1) is 17.0. The molecule has 18 heavy (non-hydrogen) atoms. The Morgan fingerprint density at radius 3 is 2.50 bits per heavy atom. The number of hydrogen-bond donors (Lipinski definition) is 0. The lowest BCUT2D eigenvalue weighted by Gasteiger charge is -2.32. The van der Waals surface area contributed by atoms with Crippen LogP contribution in [0.4, 0.5) is 0 Å². The molecule has 0 amide bonds. The number of carbonyl (C=O) groups is 1. The highest BCUT2D eigenvalue weighted by Crippen LogP contribution is 2.25. The van der Waals surface area contributed by atoms with Gasteiger partial charge in [0.2, 0.25) is 0 Å². The van der Waals surface area contributed by atoms with E-state index >= 15 is 0 Å². The van der Waals surface area contributed by atoms with E-state index in [0.29, 0.717) is 0 Å². The van der Waals surface area contributed by atoms with Crippen LogP contribution in [-0.2, 0) is 4.79 Å². The molecule has 1 unspecified atom stereocenters. The maximum Gasteiger partial charge on any atom is 0.147 e. The van der Waals surface area contributed by atoms with Crippen molar-refractivity contribution in [2.24, 2.45) is 4.99 Å². The van der Waals surface area contributed by atoms with Crippen LogP contribution in [0.15, 0.2) is 16.3 Å². The molecule has 1 atom stereocenters. The largest absolute Gasteiger partial charge is 0.298 e. The molecule has 3 nitrogen and oxygen atoms in total. The summed E-state index contributed by atoms with van der Waals surface area (Å²) in [6.07, 6.45) is 4.75. The predicted octanol–water partition coefficient (Wildman–Crippen LogP) is 3.45. The molecular formula is C15H28N2O. The molecule has 0 saturated heterocycles. The summed E-state index contributed by atoms with van der Waals surface area (Å²) >= 11 is 0. The lowest BCUT2D eigenvalue weighted by atomic mass is 9.94. The maximum atomic E-state index is 11.5. The number of likely N-dealkylation sites (N-methyl/N-ethyl adjacent to an activating group) is 1. The molecule has 104 valence electrons. The molecule has 3 heteroatoms. The van der Waals surface area contributed by atoms with Crippen LogP contribution in [0.5, 0.6) is 0 Å². The van der Waals surface area contributed by atoms with Gasteiger partial charge in [0, 0.05) is 12.8 Å². The fraction of sp³-hybridized carbons (Fsp3) is 0.733. The zero-order valence-corrected chi connectivity index (χ0v) is 12.8. The second-order valence-corrected chi connectivity index (χ2v) is 4.37. The van der Waals surface area contributed by atoms with E-state index in [1.54, 1.807) is 6.92 Å². The second-order valence-electron chi connectivity index (χ2n) is 4.37. The average molecular weight is 252 g/mol. The monoisotopic (exact) mass is 252 g/mol. The number of hydrogen-bond acceptors (Lipinski definition) is 3. The Balaban J connectivity index is 0.00000137. The Bertz CT molecular complexity index is 318. The highest BCUT2D eigenvalue weighted by atomic mass is 16.1. The number of carbonyl (C=O) groups excluding carboxylic acids is 1. The molecule has 0 spiro atoms. The van der Waals surface area contributed by atoms with Crippen molar-refractivity contribution in [3.05, 3.63) is 11.3 Å². The zero-order chi connectivity index (χ0) is 14.1. The molecule has 0 saturated carbocycles. The first-order chi connectivity index (χ1) is 8.60. The van der Waals surface area contributed by atoms with E-state index in [1.165, 1.54) is 5.57 Å². The predicted molar refractivity (Wildman–Crippen MR) is 79.2 cm³/mol. The molecule has 1 rings (SSSR count). The highest BCUT2D eigenvalue weighted by molar-refractivity contribution is 5.82. The molecular weight excluding hydrogens is 224 g/mol. The van der Waals surface area contributed by atoms with Crippen molar-refractivity contribution in [1.82, 2.24) is 4.90 Å². The van der Waals surface area contributed by atoms with Crippen molar-refractivity contribution >= 4 is 12.0 Å². The van der Waals surface area contributed by atoms with Crippen LogP contribution < -0.4 is 0 Å². The molecule has 1 aliphatic rings. The third kappa shape index (κ3) is 4.73. The molecule has 1 aliphatic heterocycles. The highest BCUT2D eigenvalue weighted by Gasteiger charge is 2.27. The summed E-state index contributed by atoms with van der Waals surface area (Å²) in [6.45, 7) is 10.7. The average Bonchev–Trinajstić information content (AvgIpc) is 2.38.